The van der Waals surface area contributed by atoms with Crippen molar-refractivity contribution in [2.75, 3.05) is 5.32 Å². The Morgan fingerprint density at radius 3 is 2.86 bits per heavy atom. The number of carbonyl (C=O) groups excluding carboxylic acids is 1. The van der Waals surface area contributed by atoms with E-state index in [-0.39, 0.29) is 18.3 Å². The maximum Gasteiger partial charge on any atom is 0.242 e. The molecule has 1 aliphatic rings. The first-order chi connectivity index (χ1) is 9.69. The predicted octanol–water partition coefficient (Wildman–Crippen LogP) is 3.02. The molecule has 120 valence electrons. The van der Waals surface area contributed by atoms with Crippen molar-refractivity contribution in [3.63, 3.8) is 0 Å². The van der Waals surface area contributed by atoms with Gasteiger partial charge in [-0.3, -0.25) is 9.89 Å². The first kappa shape index (κ1) is 18.0. The third-order valence-electron chi connectivity index (χ3n) is 4.05. The topological polar surface area (TPSA) is 83.8 Å². The van der Waals surface area contributed by atoms with Crippen LogP contribution in [-0.4, -0.2) is 22.1 Å². The number of H-pyrrole nitrogens is 1. The highest BCUT2D eigenvalue weighted by Crippen LogP contribution is 2.26. The van der Waals surface area contributed by atoms with Gasteiger partial charge in [-0.05, 0) is 18.8 Å². The third kappa shape index (κ3) is 5.67. The van der Waals surface area contributed by atoms with Crippen molar-refractivity contribution in [2.45, 2.75) is 64.3 Å². The zero-order chi connectivity index (χ0) is 14.4. The number of carbonyl (C=O) groups is 1. The highest BCUT2D eigenvalue weighted by atomic mass is 35.5. The van der Waals surface area contributed by atoms with E-state index in [2.05, 4.69) is 15.5 Å². The zero-order valence-corrected chi connectivity index (χ0v) is 13.5. The molecule has 1 aromatic heterocycles. The summed E-state index contributed by atoms with van der Waals surface area (Å²) in [6, 6.07) is 1.49. The minimum atomic E-state index is -0.446. The number of aromatic amines is 1. The highest BCUT2D eigenvalue weighted by molar-refractivity contribution is 5.93. The molecule has 0 bridgehead atoms. The second kappa shape index (κ2) is 9.05. The summed E-state index contributed by atoms with van der Waals surface area (Å²) in [5, 5.41) is 9.95. The van der Waals surface area contributed by atoms with Crippen molar-refractivity contribution in [3.05, 3.63) is 11.8 Å². The molecule has 1 aromatic rings. The van der Waals surface area contributed by atoms with Crippen LogP contribution < -0.4 is 11.1 Å². The molecule has 1 atom stereocenters. The second-order valence-electron chi connectivity index (χ2n) is 5.87. The maximum atomic E-state index is 11.8. The Bertz CT molecular complexity index is 429. The van der Waals surface area contributed by atoms with E-state index in [1.165, 1.54) is 32.1 Å². The van der Waals surface area contributed by atoms with Crippen molar-refractivity contribution in [1.29, 1.82) is 0 Å². The van der Waals surface area contributed by atoms with Crippen LogP contribution >= 0.6 is 12.4 Å². The molecule has 1 heterocycles. The number of aromatic nitrogens is 2. The molecule has 1 fully saturated rings. The molecule has 21 heavy (non-hydrogen) atoms. The fraction of sp³-hybridized carbons (Fsp3) is 0.733. The van der Waals surface area contributed by atoms with Gasteiger partial charge in [0.05, 0.1) is 6.04 Å². The van der Waals surface area contributed by atoms with Gasteiger partial charge in [0.2, 0.25) is 5.91 Å². The lowest BCUT2D eigenvalue weighted by molar-refractivity contribution is -0.117. The van der Waals surface area contributed by atoms with Gasteiger partial charge in [0.15, 0.2) is 5.82 Å². The van der Waals surface area contributed by atoms with Crippen molar-refractivity contribution in [1.82, 2.24) is 10.2 Å². The third-order valence-corrected chi connectivity index (χ3v) is 4.05. The summed E-state index contributed by atoms with van der Waals surface area (Å²) in [7, 11) is 0. The lowest BCUT2D eigenvalue weighted by Gasteiger charge is -2.20. The number of nitrogens with one attached hydrogen (secondary N) is 2. The smallest absolute Gasteiger partial charge is 0.242 e. The summed E-state index contributed by atoms with van der Waals surface area (Å²) in [6.45, 7) is 2.02. The molecule has 0 radical (unpaired) electrons. The van der Waals surface area contributed by atoms with E-state index in [1.54, 1.807) is 0 Å². The summed E-state index contributed by atoms with van der Waals surface area (Å²) in [4.78, 5) is 11.8. The van der Waals surface area contributed by atoms with Crippen molar-refractivity contribution < 1.29 is 4.79 Å². The Hall–Kier alpha value is -1.07. The van der Waals surface area contributed by atoms with E-state index in [4.69, 9.17) is 5.73 Å². The van der Waals surface area contributed by atoms with Crippen LogP contribution in [0.4, 0.5) is 5.82 Å². The van der Waals surface area contributed by atoms with E-state index in [0.29, 0.717) is 12.2 Å². The van der Waals surface area contributed by atoms with Crippen LogP contribution in [0, 0.1) is 5.92 Å². The molecule has 5 nitrogen and oxygen atoms in total. The molecule has 1 unspecified atom stereocenters. The molecule has 0 aromatic carbocycles. The Labute approximate surface area is 132 Å². The monoisotopic (exact) mass is 314 g/mol. The Balaban J connectivity index is 0.00000220. The normalized spacial score (nSPS) is 17.0. The maximum absolute atomic E-state index is 11.8. The molecule has 1 amide bonds. The van der Waals surface area contributed by atoms with Gasteiger partial charge in [-0.1, -0.05) is 45.4 Å². The summed E-state index contributed by atoms with van der Waals surface area (Å²) in [6.07, 6.45) is 9.31. The van der Waals surface area contributed by atoms with Crippen LogP contribution in [0.1, 0.15) is 57.6 Å². The van der Waals surface area contributed by atoms with Gasteiger partial charge in [0, 0.05) is 11.8 Å². The summed E-state index contributed by atoms with van der Waals surface area (Å²) < 4.78 is 0. The number of nitrogens with two attached hydrogens (primary N) is 1. The summed E-state index contributed by atoms with van der Waals surface area (Å²) in [5.74, 6) is 1.20. The Morgan fingerprint density at radius 1 is 1.48 bits per heavy atom. The number of halogens is 1. The van der Waals surface area contributed by atoms with Gasteiger partial charge < -0.3 is 11.1 Å². The van der Waals surface area contributed by atoms with Gasteiger partial charge in [-0.25, -0.2) is 0 Å². The van der Waals surface area contributed by atoms with Crippen LogP contribution in [-0.2, 0) is 11.2 Å². The Kier molecular flexibility index (Phi) is 7.75. The number of amides is 1. The molecule has 4 N–H and O–H groups in total. The molecule has 1 aliphatic carbocycles. The lowest BCUT2D eigenvalue weighted by Crippen LogP contribution is -2.35. The number of rotatable bonds is 6. The molecule has 0 saturated heterocycles. The first-order valence-corrected chi connectivity index (χ1v) is 7.79. The van der Waals surface area contributed by atoms with Crippen LogP contribution in [0.5, 0.6) is 0 Å². The number of anilines is 1. The van der Waals surface area contributed by atoms with Crippen LogP contribution in [0.25, 0.3) is 0 Å². The van der Waals surface area contributed by atoms with E-state index in [1.807, 2.05) is 13.0 Å². The minimum Gasteiger partial charge on any atom is -0.320 e. The number of hydrogen-bond donors (Lipinski definition) is 3. The van der Waals surface area contributed by atoms with Crippen molar-refractivity contribution >= 4 is 24.1 Å². The van der Waals surface area contributed by atoms with E-state index < -0.39 is 6.04 Å². The van der Waals surface area contributed by atoms with Gasteiger partial charge >= 0.3 is 0 Å². The van der Waals surface area contributed by atoms with Crippen molar-refractivity contribution in [2.24, 2.45) is 11.7 Å². The van der Waals surface area contributed by atoms with Gasteiger partial charge in [-0.2, -0.15) is 5.10 Å². The Morgan fingerprint density at radius 2 is 2.19 bits per heavy atom. The zero-order valence-electron chi connectivity index (χ0n) is 12.7. The average molecular weight is 315 g/mol. The largest absolute Gasteiger partial charge is 0.320 e. The van der Waals surface area contributed by atoms with Crippen LogP contribution in [0.15, 0.2) is 6.07 Å². The van der Waals surface area contributed by atoms with Gasteiger partial charge in [0.1, 0.15) is 0 Å². The number of hydrogen-bond acceptors (Lipinski definition) is 3. The van der Waals surface area contributed by atoms with Gasteiger partial charge in [0.25, 0.3) is 0 Å². The molecule has 0 spiro atoms. The SMILES string of the molecule is CCCC(N)C(=O)Nc1cc(CC2CCCCC2)[nH]n1.Cl. The van der Waals surface area contributed by atoms with Crippen LogP contribution in [0.2, 0.25) is 0 Å². The fourth-order valence-electron chi connectivity index (χ4n) is 2.89. The molecule has 1 saturated carbocycles. The standard InChI is InChI=1S/C15H26N4O.ClH/c1-2-6-13(16)15(20)17-14-10-12(18-19-14)9-11-7-4-3-5-8-11;/h10-11,13H,2-9,16H2,1H3,(H2,17,18,19,20);1H. The average Bonchev–Trinajstić information content (AvgIpc) is 2.87. The molecule has 0 aliphatic heterocycles. The second-order valence-corrected chi connectivity index (χ2v) is 5.87. The quantitative estimate of drug-likeness (QED) is 0.754. The molecule has 2 rings (SSSR count). The number of nitrogens with zero attached hydrogens (tertiary/aromatic N) is 1. The van der Waals surface area contributed by atoms with E-state index in [0.717, 1.165) is 24.5 Å². The van der Waals surface area contributed by atoms with E-state index >= 15 is 0 Å². The highest BCUT2D eigenvalue weighted by Gasteiger charge is 2.17. The molecular weight excluding hydrogens is 288 g/mol. The summed E-state index contributed by atoms with van der Waals surface area (Å²) >= 11 is 0. The van der Waals surface area contributed by atoms with Gasteiger partial charge in [-0.15, -0.1) is 12.4 Å². The van der Waals surface area contributed by atoms with Crippen molar-refractivity contribution in [3.8, 4) is 0 Å². The van der Waals surface area contributed by atoms with E-state index in [9.17, 15) is 4.79 Å². The predicted molar refractivity (Wildman–Crippen MR) is 87.6 cm³/mol. The van der Waals surface area contributed by atoms with Crippen LogP contribution in [0.3, 0.4) is 0 Å². The molecular formula is C15H27ClN4O. The molecule has 6 heteroatoms. The lowest BCUT2D eigenvalue weighted by atomic mass is 9.86. The minimum absolute atomic E-state index is 0. The fourth-order valence-corrected chi connectivity index (χ4v) is 2.89. The summed E-state index contributed by atoms with van der Waals surface area (Å²) in [5.41, 5.74) is 6.89. The first-order valence-electron chi connectivity index (χ1n) is 7.79.